The van der Waals surface area contributed by atoms with Gasteiger partial charge in [0.25, 0.3) is 0 Å². The molecule has 0 saturated carbocycles. The Hall–Kier alpha value is -1.72. The normalized spacial score (nSPS) is 10.9. The van der Waals surface area contributed by atoms with E-state index in [4.69, 9.17) is 16.3 Å². The van der Waals surface area contributed by atoms with Gasteiger partial charge in [-0.2, -0.15) is 0 Å². The van der Waals surface area contributed by atoms with Crippen molar-refractivity contribution in [2.24, 2.45) is 0 Å². The van der Waals surface area contributed by atoms with Crippen LogP contribution in [0.2, 0.25) is 5.15 Å². The van der Waals surface area contributed by atoms with Gasteiger partial charge >= 0.3 is 0 Å². The van der Waals surface area contributed by atoms with Crippen molar-refractivity contribution in [2.45, 2.75) is 10.9 Å². The lowest BCUT2D eigenvalue weighted by molar-refractivity contribution is 0.415. The summed E-state index contributed by atoms with van der Waals surface area (Å²) in [4.78, 5) is 11.6. The maximum Gasteiger partial charge on any atom is 0.165 e. The highest BCUT2D eigenvalue weighted by Crippen LogP contribution is 2.28. The van der Waals surface area contributed by atoms with Gasteiger partial charge in [-0.3, -0.25) is 0 Å². The molecule has 6 heteroatoms. The van der Waals surface area contributed by atoms with Crippen LogP contribution in [0, 0.1) is 0 Å². The Bertz CT molecular complexity index is 731. The molecule has 1 N–H and O–H groups in total. The summed E-state index contributed by atoms with van der Waals surface area (Å²) in [7, 11) is 1.64. The number of rotatable bonds is 4. The van der Waals surface area contributed by atoms with Crippen molar-refractivity contribution < 1.29 is 4.74 Å². The van der Waals surface area contributed by atoms with Gasteiger partial charge in [0.2, 0.25) is 0 Å². The summed E-state index contributed by atoms with van der Waals surface area (Å²) in [6.45, 7) is 0. The number of hydrogen-bond donors (Lipinski definition) is 1. The summed E-state index contributed by atoms with van der Waals surface area (Å²) < 4.78 is 5.19. The summed E-state index contributed by atoms with van der Waals surface area (Å²) >= 11 is 7.84. The monoisotopic (exact) mass is 305 g/mol. The number of aromatic nitrogens is 3. The number of aromatic amines is 1. The standard InChI is InChI=1S/C14H12ClN3OS/c1-19-11-3-2-9-6-10(13(15)18-12(9)7-11)8-20-14-16-4-5-17-14/h2-7H,8H2,1H3,(H,16,17). The van der Waals surface area contributed by atoms with Crippen molar-refractivity contribution in [3.8, 4) is 5.75 Å². The number of ether oxygens (including phenoxy) is 1. The molecule has 0 aliphatic carbocycles. The van der Waals surface area contributed by atoms with Crippen LogP contribution in [0.25, 0.3) is 10.9 Å². The quantitative estimate of drug-likeness (QED) is 0.586. The molecule has 0 bridgehead atoms. The molecule has 3 aromatic rings. The summed E-state index contributed by atoms with van der Waals surface area (Å²) in [5.41, 5.74) is 1.83. The van der Waals surface area contributed by atoms with E-state index >= 15 is 0 Å². The number of hydrogen-bond acceptors (Lipinski definition) is 4. The number of nitrogens with zero attached hydrogens (tertiary/aromatic N) is 2. The number of H-pyrrole nitrogens is 1. The van der Waals surface area contributed by atoms with Gasteiger partial charge in [-0.15, -0.1) is 0 Å². The van der Waals surface area contributed by atoms with Gasteiger partial charge in [-0.05, 0) is 18.2 Å². The summed E-state index contributed by atoms with van der Waals surface area (Å²) in [6.07, 6.45) is 3.53. The Morgan fingerprint density at radius 3 is 3.00 bits per heavy atom. The minimum absolute atomic E-state index is 0.518. The van der Waals surface area contributed by atoms with Crippen molar-refractivity contribution in [3.63, 3.8) is 0 Å². The number of nitrogens with one attached hydrogen (secondary N) is 1. The second-order valence-electron chi connectivity index (χ2n) is 4.18. The Kier molecular flexibility index (Phi) is 3.80. The molecule has 0 saturated heterocycles. The van der Waals surface area contributed by atoms with Gasteiger partial charge < -0.3 is 9.72 Å². The van der Waals surface area contributed by atoms with Crippen molar-refractivity contribution in [3.05, 3.63) is 47.4 Å². The van der Waals surface area contributed by atoms with Crippen LogP contribution in [0.5, 0.6) is 5.75 Å². The number of thioether (sulfide) groups is 1. The third kappa shape index (κ3) is 2.73. The van der Waals surface area contributed by atoms with Crippen LogP contribution in [0.1, 0.15) is 5.56 Å². The van der Waals surface area contributed by atoms with E-state index in [0.29, 0.717) is 5.15 Å². The van der Waals surface area contributed by atoms with Gasteiger partial charge in [-0.1, -0.05) is 23.4 Å². The first-order chi connectivity index (χ1) is 9.76. The van der Waals surface area contributed by atoms with Gasteiger partial charge in [0.05, 0.1) is 12.6 Å². The molecule has 0 aliphatic rings. The lowest BCUT2D eigenvalue weighted by Gasteiger charge is -2.06. The van der Waals surface area contributed by atoms with Crippen LogP contribution in [0.3, 0.4) is 0 Å². The highest BCUT2D eigenvalue weighted by Gasteiger charge is 2.07. The lowest BCUT2D eigenvalue weighted by Crippen LogP contribution is -1.90. The van der Waals surface area contributed by atoms with Crippen LogP contribution in [-0.2, 0) is 5.75 Å². The molecule has 2 aromatic heterocycles. The van der Waals surface area contributed by atoms with Gasteiger partial charge in [0, 0.05) is 35.2 Å². The van der Waals surface area contributed by atoms with Gasteiger partial charge in [-0.25, -0.2) is 9.97 Å². The first-order valence-electron chi connectivity index (χ1n) is 6.01. The van der Waals surface area contributed by atoms with Gasteiger partial charge in [0.15, 0.2) is 5.16 Å². The minimum atomic E-state index is 0.518. The van der Waals surface area contributed by atoms with E-state index in [9.17, 15) is 0 Å². The summed E-state index contributed by atoms with van der Waals surface area (Å²) in [6, 6.07) is 7.84. The molecule has 0 atom stereocenters. The molecule has 1 aromatic carbocycles. The predicted octanol–water partition coefficient (Wildman–Crippen LogP) is 3.91. The van der Waals surface area contributed by atoms with E-state index in [2.05, 4.69) is 21.0 Å². The van der Waals surface area contributed by atoms with E-state index in [0.717, 1.165) is 33.1 Å². The molecule has 0 fully saturated rings. The highest BCUT2D eigenvalue weighted by molar-refractivity contribution is 7.98. The molecular weight excluding hydrogens is 294 g/mol. The largest absolute Gasteiger partial charge is 0.497 e. The minimum Gasteiger partial charge on any atom is -0.497 e. The average Bonchev–Trinajstić information content (AvgIpc) is 2.97. The number of pyridine rings is 1. The molecule has 0 radical (unpaired) electrons. The van der Waals surface area contributed by atoms with Crippen LogP contribution < -0.4 is 4.74 Å². The first-order valence-corrected chi connectivity index (χ1v) is 7.38. The maximum atomic E-state index is 6.24. The van der Waals surface area contributed by atoms with E-state index < -0.39 is 0 Å². The van der Waals surface area contributed by atoms with Crippen molar-refractivity contribution in [1.29, 1.82) is 0 Å². The third-order valence-electron chi connectivity index (χ3n) is 2.89. The molecule has 0 aliphatic heterocycles. The van der Waals surface area contributed by atoms with E-state index in [1.165, 1.54) is 0 Å². The Morgan fingerprint density at radius 1 is 1.35 bits per heavy atom. The average molecular weight is 306 g/mol. The van der Waals surface area contributed by atoms with Crippen molar-refractivity contribution in [1.82, 2.24) is 15.0 Å². The predicted molar refractivity (Wildman–Crippen MR) is 81.5 cm³/mol. The fraction of sp³-hybridized carbons (Fsp3) is 0.143. The number of halogens is 1. The molecule has 102 valence electrons. The van der Waals surface area contributed by atoms with Gasteiger partial charge in [0.1, 0.15) is 10.9 Å². The van der Waals surface area contributed by atoms with E-state index in [1.54, 1.807) is 31.3 Å². The number of benzene rings is 1. The Balaban J connectivity index is 1.89. The van der Waals surface area contributed by atoms with Crippen LogP contribution in [-0.4, -0.2) is 22.1 Å². The summed E-state index contributed by atoms with van der Waals surface area (Å²) in [5, 5.41) is 2.44. The van der Waals surface area contributed by atoms with Crippen LogP contribution in [0.4, 0.5) is 0 Å². The van der Waals surface area contributed by atoms with E-state index in [-0.39, 0.29) is 0 Å². The zero-order chi connectivity index (χ0) is 13.9. The lowest BCUT2D eigenvalue weighted by atomic mass is 10.1. The fourth-order valence-electron chi connectivity index (χ4n) is 1.87. The molecule has 2 heterocycles. The fourth-order valence-corrected chi connectivity index (χ4v) is 2.96. The Morgan fingerprint density at radius 2 is 2.25 bits per heavy atom. The third-order valence-corrected chi connectivity index (χ3v) is 4.17. The van der Waals surface area contributed by atoms with E-state index in [1.807, 2.05) is 18.2 Å². The second kappa shape index (κ2) is 5.73. The van der Waals surface area contributed by atoms with Crippen molar-refractivity contribution in [2.75, 3.05) is 7.11 Å². The van der Waals surface area contributed by atoms with Crippen LogP contribution >= 0.6 is 23.4 Å². The zero-order valence-electron chi connectivity index (χ0n) is 10.8. The SMILES string of the molecule is COc1ccc2cc(CSc3ncc[nH]3)c(Cl)nc2c1. The molecule has 0 unspecified atom stereocenters. The van der Waals surface area contributed by atoms with Crippen molar-refractivity contribution >= 4 is 34.3 Å². The topological polar surface area (TPSA) is 50.8 Å². The number of fused-ring (bicyclic) bond motifs is 1. The molecule has 4 nitrogen and oxygen atoms in total. The molecule has 0 spiro atoms. The summed E-state index contributed by atoms with van der Waals surface area (Å²) in [5.74, 6) is 1.50. The first kappa shape index (κ1) is 13.3. The maximum absolute atomic E-state index is 6.24. The number of methoxy groups -OCH3 is 1. The highest BCUT2D eigenvalue weighted by atomic mass is 35.5. The molecular formula is C14H12ClN3OS. The smallest absolute Gasteiger partial charge is 0.165 e. The zero-order valence-corrected chi connectivity index (χ0v) is 12.3. The molecule has 3 rings (SSSR count). The van der Waals surface area contributed by atoms with Crippen LogP contribution in [0.15, 0.2) is 41.8 Å². The number of imidazole rings is 1. The molecule has 20 heavy (non-hydrogen) atoms. The second-order valence-corrected chi connectivity index (χ2v) is 5.50. The molecule has 0 amide bonds. The Labute approximate surface area is 125 Å².